The number of nitrogens with zero attached hydrogens (tertiary/aromatic N) is 6. The number of hydrogen-bond acceptors (Lipinski definition) is 8. The van der Waals surface area contributed by atoms with E-state index in [4.69, 9.17) is 24.5 Å². The van der Waals surface area contributed by atoms with E-state index >= 15 is 0 Å². The zero-order valence-corrected chi connectivity index (χ0v) is 32.5. The van der Waals surface area contributed by atoms with Gasteiger partial charge in [-0.1, -0.05) is 72.8 Å². The maximum atomic E-state index is 14.1. The summed E-state index contributed by atoms with van der Waals surface area (Å²) in [5.41, 5.74) is 3.26. The summed E-state index contributed by atoms with van der Waals surface area (Å²) in [5, 5.41) is 8.04. The van der Waals surface area contributed by atoms with Crippen LogP contribution in [0.1, 0.15) is 72.8 Å². The Morgan fingerprint density at radius 3 is 2.23 bits per heavy atom. The number of fused-ring (bicyclic) bond motifs is 1. The number of likely N-dealkylation sites (tertiary alicyclic amines) is 1. The van der Waals surface area contributed by atoms with Crippen LogP contribution in [0.15, 0.2) is 89.9 Å². The molecular formula is C43H46F3N7O4. The summed E-state index contributed by atoms with van der Waals surface area (Å²) >= 11 is 0. The first-order chi connectivity index (χ1) is 27.3. The summed E-state index contributed by atoms with van der Waals surface area (Å²) < 4.78 is 55.3. The van der Waals surface area contributed by atoms with Gasteiger partial charge in [0.25, 0.3) is 0 Å². The normalized spacial score (nSPS) is 16.2. The number of morpholine rings is 1. The van der Waals surface area contributed by atoms with E-state index in [-0.39, 0.29) is 24.4 Å². The van der Waals surface area contributed by atoms with Gasteiger partial charge in [0.15, 0.2) is 11.5 Å². The third-order valence-electron chi connectivity index (χ3n) is 10.1. The summed E-state index contributed by atoms with van der Waals surface area (Å²) in [6.45, 7) is 9.21. The van der Waals surface area contributed by atoms with Crippen LogP contribution in [-0.4, -0.2) is 81.7 Å². The zero-order chi connectivity index (χ0) is 40.3. The van der Waals surface area contributed by atoms with Gasteiger partial charge in [-0.3, -0.25) is 9.69 Å². The average Bonchev–Trinajstić information content (AvgIpc) is 3.82. The van der Waals surface area contributed by atoms with E-state index in [9.17, 15) is 22.8 Å². The Kier molecular flexibility index (Phi) is 11.3. The van der Waals surface area contributed by atoms with Crippen LogP contribution in [0.3, 0.4) is 0 Å². The lowest BCUT2D eigenvalue weighted by Crippen LogP contribution is -2.47. The number of carbonyl (C=O) groups excluding carboxylic acids is 2. The molecule has 0 spiro atoms. The van der Waals surface area contributed by atoms with Gasteiger partial charge in [-0.15, -0.1) is 5.10 Å². The van der Waals surface area contributed by atoms with E-state index in [0.29, 0.717) is 85.5 Å². The molecule has 0 saturated carbocycles. The lowest BCUT2D eigenvalue weighted by molar-refractivity contribution is -0.138. The highest BCUT2D eigenvalue weighted by molar-refractivity contribution is 6.14. The molecule has 1 atom stereocenters. The summed E-state index contributed by atoms with van der Waals surface area (Å²) in [4.78, 5) is 40.7. The van der Waals surface area contributed by atoms with Crippen molar-refractivity contribution in [3.8, 4) is 0 Å². The SMILES string of the molecule is Cc1c(Cc2c(CNC(=O)[C@H]3CCCN3C(=O)OC(C)(C)C)nc3c(N=C(c4ccccc4)c4ccccc4)cc(N4CCOCC4)nn23)cccc1C(F)(F)F. The molecule has 2 aliphatic heterocycles. The molecule has 2 aliphatic rings. The standard InChI is InChI=1S/C43H46F3N7O4/c1-28-31(17-11-18-32(28)43(44,45)46)25-36-34(27-47-40(54)35-19-12-20-52(35)41(55)57-42(2,3)4)49-39-33(26-37(50-53(36)39)51-21-23-56-24-22-51)48-38(29-13-7-5-8-14-29)30-15-9-6-10-16-30/h5-11,13-18,26,35H,12,19-25,27H2,1-4H3,(H,47,54)/t35-/m1/s1. The summed E-state index contributed by atoms with van der Waals surface area (Å²) in [5.74, 6) is 0.214. The molecule has 7 rings (SSSR count). The predicted octanol–water partition coefficient (Wildman–Crippen LogP) is 7.67. The maximum absolute atomic E-state index is 14.1. The molecule has 2 saturated heterocycles. The van der Waals surface area contributed by atoms with Gasteiger partial charge in [0.05, 0.1) is 42.4 Å². The van der Waals surface area contributed by atoms with Gasteiger partial charge in [0.2, 0.25) is 5.91 Å². The van der Waals surface area contributed by atoms with Crippen molar-refractivity contribution in [1.82, 2.24) is 24.8 Å². The highest BCUT2D eigenvalue weighted by Crippen LogP contribution is 2.35. The molecule has 3 aromatic carbocycles. The van der Waals surface area contributed by atoms with Crippen molar-refractivity contribution in [2.24, 2.45) is 4.99 Å². The molecule has 11 nitrogen and oxygen atoms in total. The predicted molar refractivity (Wildman–Crippen MR) is 211 cm³/mol. The van der Waals surface area contributed by atoms with Gasteiger partial charge in [-0.2, -0.15) is 13.2 Å². The zero-order valence-electron chi connectivity index (χ0n) is 32.5. The van der Waals surface area contributed by atoms with E-state index < -0.39 is 29.5 Å². The number of rotatable bonds is 9. The number of ether oxygens (including phenoxy) is 2. The lowest BCUT2D eigenvalue weighted by Gasteiger charge is -2.28. The molecule has 2 aromatic heterocycles. The Hall–Kier alpha value is -5.76. The highest BCUT2D eigenvalue weighted by atomic mass is 19.4. The molecule has 0 unspecified atom stereocenters. The van der Waals surface area contributed by atoms with Crippen LogP contribution < -0.4 is 10.2 Å². The molecular weight excluding hydrogens is 736 g/mol. The van der Waals surface area contributed by atoms with Crippen LogP contribution in [0.2, 0.25) is 0 Å². The Bertz CT molecular complexity index is 2220. The van der Waals surface area contributed by atoms with Crippen molar-refractivity contribution in [3.63, 3.8) is 0 Å². The molecule has 5 aromatic rings. The Morgan fingerprint density at radius 1 is 0.930 bits per heavy atom. The number of aromatic nitrogens is 3. The van der Waals surface area contributed by atoms with Crippen molar-refractivity contribution in [2.45, 2.75) is 71.3 Å². The van der Waals surface area contributed by atoms with Crippen molar-refractivity contribution in [2.75, 3.05) is 37.7 Å². The number of imidazole rings is 1. The van der Waals surface area contributed by atoms with E-state index in [2.05, 4.69) is 10.2 Å². The van der Waals surface area contributed by atoms with Gasteiger partial charge >= 0.3 is 12.3 Å². The topological polar surface area (TPSA) is 114 Å². The molecule has 0 radical (unpaired) electrons. The maximum Gasteiger partial charge on any atom is 0.416 e. The number of benzene rings is 3. The van der Waals surface area contributed by atoms with Crippen LogP contribution >= 0.6 is 0 Å². The fourth-order valence-electron chi connectivity index (χ4n) is 7.27. The molecule has 1 N–H and O–H groups in total. The highest BCUT2D eigenvalue weighted by Gasteiger charge is 2.37. The van der Waals surface area contributed by atoms with Crippen molar-refractivity contribution < 1.29 is 32.2 Å². The van der Waals surface area contributed by atoms with Crippen LogP contribution in [0.4, 0.5) is 29.5 Å². The van der Waals surface area contributed by atoms with E-state index in [1.807, 2.05) is 66.7 Å². The molecule has 2 amide bonds. The molecule has 298 valence electrons. The number of halogens is 3. The van der Waals surface area contributed by atoms with Gasteiger partial charge in [0.1, 0.15) is 17.3 Å². The van der Waals surface area contributed by atoms with Crippen LogP contribution in [-0.2, 0) is 33.4 Å². The third kappa shape index (κ3) is 8.96. The monoisotopic (exact) mass is 781 g/mol. The second-order valence-electron chi connectivity index (χ2n) is 15.2. The van der Waals surface area contributed by atoms with Gasteiger partial charge in [-0.05, 0) is 57.7 Å². The van der Waals surface area contributed by atoms with E-state index in [0.717, 1.165) is 17.2 Å². The first-order valence-electron chi connectivity index (χ1n) is 19.1. The number of anilines is 1. The van der Waals surface area contributed by atoms with Crippen molar-refractivity contribution >= 4 is 34.9 Å². The van der Waals surface area contributed by atoms with Crippen LogP contribution in [0.5, 0.6) is 0 Å². The number of carbonyl (C=O) groups is 2. The molecule has 2 fully saturated rings. The summed E-state index contributed by atoms with van der Waals surface area (Å²) in [7, 11) is 0. The fraction of sp³-hybridized carbons (Fsp3) is 0.372. The molecule has 57 heavy (non-hydrogen) atoms. The largest absolute Gasteiger partial charge is 0.444 e. The van der Waals surface area contributed by atoms with Crippen molar-refractivity contribution in [3.05, 3.63) is 124 Å². The molecule has 14 heteroatoms. The van der Waals surface area contributed by atoms with Crippen LogP contribution in [0.25, 0.3) is 5.65 Å². The minimum absolute atomic E-state index is 0.0303. The van der Waals surface area contributed by atoms with Crippen molar-refractivity contribution in [1.29, 1.82) is 0 Å². The average molecular weight is 782 g/mol. The second-order valence-corrected chi connectivity index (χ2v) is 15.2. The summed E-state index contributed by atoms with van der Waals surface area (Å²) in [6.07, 6.45) is -4.00. The molecule has 0 bridgehead atoms. The lowest BCUT2D eigenvalue weighted by atomic mass is 9.98. The van der Waals surface area contributed by atoms with E-state index in [1.165, 1.54) is 17.9 Å². The Balaban J connectivity index is 1.37. The number of nitrogens with one attached hydrogen (secondary N) is 1. The quantitative estimate of drug-likeness (QED) is 0.153. The van der Waals surface area contributed by atoms with E-state index in [1.54, 1.807) is 31.4 Å². The van der Waals surface area contributed by atoms with Gasteiger partial charge in [0, 0.05) is 43.2 Å². The number of aliphatic imine (C=N–C) groups is 1. The second kappa shape index (κ2) is 16.4. The number of alkyl halides is 3. The first-order valence-corrected chi connectivity index (χ1v) is 19.1. The minimum atomic E-state index is -4.55. The summed E-state index contributed by atoms with van der Waals surface area (Å²) in [6, 6.07) is 24.8. The Labute approximate surface area is 329 Å². The fourth-order valence-corrected chi connectivity index (χ4v) is 7.27. The van der Waals surface area contributed by atoms with Crippen LogP contribution in [0, 0.1) is 6.92 Å². The first kappa shape index (κ1) is 39.5. The smallest absolute Gasteiger partial charge is 0.416 e. The molecule has 4 heterocycles. The van der Waals surface area contributed by atoms with Gasteiger partial charge in [-0.25, -0.2) is 19.3 Å². The number of amides is 2. The third-order valence-corrected chi connectivity index (χ3v) is 10.1. The molecule has 0 aliphatic carbocycles. The Morgan fingerprint density at radius 2 is 1.60 bits per heavy atom. The number of hydrogen-bond donors (Lipinski definition) is 1. The minimum Gasteiger partial charge on any atom is -0.444 e. The van der Waals surface area contributed by atoms with Gasteiger partial charge < -0.3 is 19.7 Å².